The van der Waals surface area contributed by atoms with Gasteiger partial charge in [0.1, 0.15) is 0 Å². The predicted octanol–water partition coefficient (Wildman–Crippen LogP) is 2.28. The van der Waals surface area contributed by atoms with Crippen LogP contribution in [-0.2, 0) is 4.79 Å². The van der Waals surface area contributed by atoms with Crippen molar-refractivity contribution in [2.45, 2.75) is 26.3 Å². The molecule has 2 aromatic rings. The molecule has 1 aromatic carbocycles. The van der Waals surface area contributed by atoms with Gasteiger partial charge >= 0.3 is 0 Å². The number of halogens is 1. The van der Waals surface area contributed by atoms with E-state index in [4.69, 9.17) is 5.73 Å². The molecular weight excluding hydrogens is 271 g/mol. The van der Waals surface area contributed by atoms with Crippen LogP contribution in [0.25, 0.3) is 10.9 Å². The average Bonchev–Trinajstić information content (AvgIpc) is 2.41. The van der Waals surface area contributed by atoms with Crippen molar-refractivity contribution in [3.8, 4) is 0 Å². The molecule has 0 atom stereocenters. The molecule has 2 rings (SSSR count). The minimum absolute atomic E-state index is 0.0781. The fourth-order valence-electron chi connectivity index (χ4n) is 2.10. The van der Waals surface area contributed by atoms with Crippen LogP contribution in [0.3, 0.4) is 0 Å². The van der Waals surface area contributed by atoms with E-state index in [2.05, 4.69) is 15.6 Å². The normalized spacial score (nSPS) is 10.9. The molecule has 0 bridgehead atoms. The number of hydrogen-bond donors (Lipinski definition) is 3. The molecule has 4 N–H and O–H groups in total. The number of rotatable bonds is 5. The Balaban J connectivity index is 2.14. The summed E-state index contributed by atoms with van der Waals surface area (Å²) in [7, 11) is 0. The molecule has 0 spiro atoms. The van der Waals surface area contributed by atoms with Crippen LogP contribution in [0.4, 0.5) is 15.8 Å². The van der Waals surface area contributed by atoms with E-state index >= 15 is 0 Å². The topological polar surface area (TPSA) is 80.0 Å². The minimum atomic E-state index is -0.469. The van der Waals surface area contributed by atoms with E-state index in [0.29, 0.717) is 23.1 Å². The molecule has 0 saturated carbocycles. The first-order chi connectivity index (χ1) is 9.99. The summed E-state index contributed by atoms with van der Waals surface area (Å²) in [5, 5.41) is 6.40. The monoisotopic (exact) mass is 290 g/mol. The lowest BCUT2D eigenvalue weighted by atomic mass is 10.1. The molecule has 112 valence electrons. The maximum absolute atomic E-state index is 14.0. The Morgan fingerprint density at radius 1 is 1.48 bits per heavy atom. The molecule has 0 radical (unpaired) electrons. The number of pyridine rings is 1. The third-order valence-electron chi connectivity index (χ3n) is 2.98. The number of carbonyl (C=O) groups excluding carboxylic acids is 1. The number of anilines is 2. The standard InChI is InChI=1S/C15H19FN4O/c1-9(2)20-13(21)5-7-19-15-11(16)8-12(17)10-4-3-6-18-14(10)15/h3-4,6,8-9,19H,5,7,17H2,1-2H3,(H,20,21). The van der Waals surface area contributed by atoms with Crippen molar-refractivity contribution in [1.29, 1.82) is 0 Å². The van der Waals surface area contributed by atoms with Crippen LogP contribution in [0, 0.1) is 5.82 Å². The summed E-state index contributed by atoms with van der Waals surface area (Å²) >= 11 is 0. The number of nitrogen functional groups attached to an aromatic ring is 1. The Morgan fingerprint density at radius 3 is 2.95 bits per heavy atom. The summed E-state index contributed by atoms with van der Waals surface area (Å²) in [5.74, 6) is -0.548. The first-order valence-electron chi connectivity index (χ1n) is 6.85. The van der Waals surface area contributed by atoms with Crippen molar-refractivity contribution in [2.75, 3.05) is 17.6 Å². The number of hydrogen-bond acceptors (Lipinski definition) is 4. The molecule has 1 aromatic heterocycles. The molecule has 0 aliphatic carbocycles. The van der Waals surface area contributed by atoms with Crippen LogP contribution in [0.2, 0.25) is 0 Å². The highest BCUT2D eigenvalue weighted by Crippen LogP contribution is 2.29. The molecule has 0 fully saturated rings. The third kappa shape index (κ3) is 3.59. The zero-order chi connectivity index (χ0) is 15.4. The fraction of sp³-hybridized carbons (Fsp3) is 0.333. The Morgan fingerprint density at radius 2 is 2.24 bits per heavy atom. The van der Waals surface area contributed by atoms with E-state index in [9.17, 15) is 9.18 Å². The van der Waals surface area contributed by atoms with Crippen LogP contribution in [0.5, 0.6) is 0 Å². The van der Waals surface area contributed by atoms with Gasteiger partial charge in [-0.25, -0.2) is 4.39 Å². The first-order valence-corrected chi connectivity index (χ1v) is 6.85. The van der Waals surface area contributed by atoms with Crippen molar-refractivity contribution in [1.82, 2.24) is 10.3 Å². The third-order valence-corrected chi connectivity index (χ3v) is 2.98. The smallest absolute Gasteiger partial charge is 0.221 e. The van der Waals surface area contributed by atoms with Gasteiger partial charge in [0, 0.05) is 36.3 Å². The van der Waals surface area contributed by atoms with Crippen LogP contribution in [0.15, 0.2) is 24.4 Å². The number of benzene rings is 1. The molecule has 0 aliphatic rings. The highest BCUT2D eigenvalue weighted by Gasteiger charge is 2.12. The average molecular weight is 290 g/mol. The number of aromatic nitrogens is 1. The molecule has 0 aliphatic heterocycles. The lowest BCUT2D eigenvalue weighted by Crippen LogP contribution is -2.31. The van der Waals surface area contributed by atoms with Gasteiger partial charge < -0.3 is 16.4 Å². The number of amides is 1. The van der Waals surface area contributed by atoms with Gasteiger partial charge in [0.05, 0.1) is 11.2 Å². The van der Waals surface area contributed by atoms with Crippen molar-refractivity contribution >= 4 is 28.2 Å². The summed E-state index contributed by atoms with van der Waals surface area (Å²) in [6.07, 6.45) is 1.84. The first kappa shape index (κ1) is 15.0. The van der Waals surface area contributed by atoms with Crippen LogP contribution in [0.1, 0.15) is 20.3 Å². The molecule has 1 amide bonds. The van der Waals surface area contributed by atoms with E-state index in [1.54, 1.807) is 18.3 Å². The highest BCUT2D eigenvalue weighted by molar-refractivity contribution is 5.98. The molecule has 0 unspecified atom stereocenters. The zero-order valence-corrected chi connectivity index (χ0v) is 12.1. The summed E-state index contributed by atoms with van der Waals surface area (Å²) in [6, 6.07) is 4.89. The van der Waals surface area contributed by atoms with Crippen LogP contribution in [-0.4, -0.2) is 23.5 Å². The number of nitrogens with two attached hydrogens (primary N) is 1. The number of nitrogens with one attached hydrogen (secondary N) is 2. The van der Waals surface area contributed by atoms with Gasteiger partial charge in [-0.1, -0.05) is 0 Å². The van der Waals surface area contributed by atoms with Gasteiger partial charge in [-0.2, -0.15) is 0 Å². The lowest BCUT2D eigenvalue weighted by molar-refractivity contribution is -0.121. The van der Waals surface area contributed by atoms with E-state index in [0.717, 1.165) is 0 Å². The summed E-state index contributed by atoms with van der Waals surface area (Å²) < 4.78 is 14.0. The number of carbonyl (C=O) groups is 1. The SMILES string of the molecule is CC(C)NC(=O)CCNc1c(F)cc(N)c2cccnc12. The largest absolute Gasteiger partial charge is 0.398 e. The van der Waals surface area contributed by atoms with Gasteiger partial charge in [0.25, 0.3) is 0 Å². The van der Waals surface area contributed by atoms with Gasteiger partial charge in [-0.05, 0) is 32.0 Å². The van der Waals surface area contributed by atoms with Crippen molar-refractivity contribution < 1.29 is 9.18 Å². The Kier molecular flexibility index (Phi) is 4.57. The number of nitrogens with zero attached hydrogens (tertiary/aromatic N) is 1. The van der Waals surface area contributed by atoms with Gasteiger partial charge in [-0.3, -0.25) is 9.78 Å². The number of fused-ring (bicyclic) bond motifs is 1. The van der Waals surface area contributed by atoms with E-state index < -0.39 is 5.82 Å². The Hall–Kier alpha value is -2.37. The Bertz CT molecular complexity index is 657. The zero-order valence-electron chi connectivity index (χ0n) is 12.1. The lowest BCUT2D eigenvalue weighted by Gasteiger charge is -2.12. The second kappa shape index (κ2) is 6.39. The van der Waals surface area contributed by atoms with Crippen molar-refractivity contribution in [3.05, 3.63) is 30.2 Å². The van der Waals surface area contributed by atoms with Crippen LogP contribution < -0.4 is 16.4 Å². The highest BCUT2D eigenvalue weighted by atomic mass is 19.1. The molecular formula is C15H19FN4O. The molecule has 5 nitrogen and oxygen atoms in total. The predicted molar refractivity (Wildman–Crippen MR) is 82.5 cm³/mol. The quantitative estimate of drug-likeness (QED) is 0.738. The van der Waals surface area contributed by atoms with Crippen molar-refractivity contribution in [2.24, 2.45) is 0 Å². The fourth-order valence-corrected chi connectivity index (χ4v) is 2.10. The van der Waals surface area contributed by atoms with Gasteiger partial charge in [0.2, 0.25) is 5.91 Å². The molecule has 0 saturated heterocycles. The van der Waals surface area contributed by atoms with Gasteiger partial charge in [-0.15, -0.1) is 0 Å². The summed E-state index contributed by atoms with van der Waals surface area (Å²) in [5.41, 5.74) is 6.88. The maximum atomic E-state index is 14.0. The maximum Gasteiger partial charge on any atom is 0.221 e. The second-order valence-electron chi connectivity index (χ2n) is 5.12. The van der Waals surface area contributed by atoms with E-state index in [-0.39, 0.29) is 24.1 Å². The summed E-state index contributed by atoms with van der Waals surface area (Å²) in [4.78, 5) is 15.7. The van der Waals surface area contributed by atoms with E-state index in [1.807, 2.05) is 13.8 Å². The molecule has 6 heteroatoms. The van der Waals surface area contributed by atoms with Crippen LogP contribution >= 0.6 is 0 Å². The molecule has 21 heavy (non-hydrogen) atoms. The minimum Gasteiger partial charge on any atom is -0.398 e. The summed E-state index contributed by atoms with van der Waals surface area (Å²) in [6.45, 7) is 4.11. The van der Waals surface area contributed by atoms with Gasteiger partial charge in [0.15, 0.2) is 5.82 Å². The second-order valence-corrected chi connectivity index (χ2v) is 5.12. The molecule has 1 heterocycles. The Labute approximate surface area is 122 Å². The van der Waals surface area contributed by atoms with E-state index in [1.165, 1.54) is 6.07 Å². The van der Waals surface area contributed by atoms with Crippen molar-refractivity contribution in [3.63, 3.8) is 0 Å².